The summed E-state index contributed by atoms with van der Waals surface area (Å²) >= 11 is 0. The van der Waals surface area contributed by atoms with E-state index in [1.54, 1.807) is 6.07 Å². The number of carbonyl (C=O) groups is 1. The van der Waals surface area contributed by atoms with Gasteiger partial charge in [-0.05, 0) is 30.5 Å². The number of aromatic nitrogens is 1. The highest BCUT2D eigenvalue weighted by molar-refractivity contribution is 7.90. The predicted molar refractivity (Wildman–Crippen MR) is 91.7 cm³/mol. The lowest BCUT2D eigenvalue weighted by Crippen LogP contribution is -2.45. The number of pyridine rings is 1. The molecule has 1 aromatic carbocycles. The van der Waals surface area contributed by atoms with Crippen LogP contribution < -0.4 is 0 Å². The molecule has 2 heterocycles. The number of nitrogens with zero attached hydrogens (tertiary/aromatic N) is 2. The molecule has 1 saturated heterocycles. The number of carbonyl (C=O) groups excluding carboxylic acids is 1. The number of rotatable bonds is 7. The van der Waals surface area contributed by atoms with Crippen LogP contribution in [0.4, 0.5) is 0 Å². The first-order chi connectivity index (χ1) is 12.0. The summed E-state index contributed by atoms with van der Waals surface area (Å²) in [6.07, 6.45) is 2.68. The van der Waals surface area contributed by atoms with E-state index in [2.05, 4.69) is 4.98 Å². The summed E-state index contributed by atoms with van der Waals surface area (Å²) in [5.41, 5.74) is 1.36. The monoisotopic (exact) mass is 364 g/mol. The summed E-state index contributed by atoms with van der Waals surface area (Å²) < 4.78 is 30.6. The Morgan fingerprint density at radius 2 is 2.20 bits per heavy atom. The van der Waals surface area contributed by atoms with E-state index in [0.29, 0.717) is 23.7 Å². The number of hydrogen-bond acceptors (Lipinski definition) is 6. The van der Waals surface area contributed by atoms with Crippen molar-refractivity contribution in [2.75, 3.05) is 12.4 Å². The van der Waals surface area contributed by atoms with Crippen molar-refractivity contribution in [1.82, 2.24) is 10.0 Å². The lowest BCUT2D eigenvalue weighted by Gasteiger charge is -2.27. The molecule has 134 valence electrons. The van der Waals surface area contributed by atoms with Crippen molar-refractivity contribution in [2.24, 2.45) is 0 Å². The van der Waals surface area contributed by atoms with Crippen molar-refractivity contribution < 1.29 is 23.2 Å². The zero-order valence-corrected chi connectivity index (χ0v) is 14.4. The normalized spacial score (nSPS) is 19.0. The van der Waals surface area contributed by atoms with Gasteiger partial charge >= 0.3 is 0 Å². The SMILES string of the molecule is O=CN(O)[C@@H](CS(=O)(=O)Cc1cnc2ccccc2c1)[C@@H]1CCCO1. The smallest absolute Gasteiger partial charge is 0.233 e. The Balaban J connectivity index is 1.77. The highest BCUT2D eigenvalue weighted by Crippen LogP contribution is 2.21. The molecule has 1 aromatic heterocycles. The average molecular weight is 364 g/mol. The Kier molecular flexibility index (Phi) is 5.31. The molecule has 3 rings (SSSR count). The van der Waals surface area contributed by atoms with Crippen LogP contribution in [-0.2, 0) is 25.1 Å². The van der Waals surface area contributed by atoms with Crippen molar-refractivity contribution >= 4 is 27.2 Å². The summed E-state index contributed by atoms with van der Waals surface area (Å²) in [5.74, 6) is -0.569. The zero-order valence-electron chi connectivity index (χ0n) is 13.6. The first kappa shape index (κ1) is 17.8. The third-order valence-corrected chi connectivity index (χ3v) is 5.92. The summed E-state index contributed by atoms with van der Waals surface area (Å²) in [5, 5.41) is 11.0. The Morgan fingerprint density at radius 3 is 2.92 bits per heavy atom. The highest BCUT2D eigenvalue weighted by atomic mass is 32.2. The number of hydrogen-bond donors (Lipinski definition) is 1. The second-order valence-electron chi connectivity index (χ2n) is 6.20. The molecule has 0 spiro atoms. The molecule has 2 atom stereocenters. The van der Waals surface area contributed by atoms with Gasteiger partial charge < -0.3 is 4.74 Å². The largest absolute Gasteiger partial charge is 0.376 e. The molecule has 0 unspecified atom stereocenters. The Hall–Kier alpha value is -2.03. The third-order valence-electron chi connectivity index (χ3n) is 4.30. The topological polar surface area (TPSA) is 96.8 Å². The lowest BCUT2D eigenvalue weighted by molar-refractivity contribution is -0.168. The van der Waals surface area contributed by atoms with Crippen LogP contribution in [0.1, 0.15) is 18.4 Å². The highest BCUT2D eigenvalue weighted by Gasteiger charge is 2.34. The van der Waals surface area contributed by atoms with E-state index in [-0.39, 0.29) is 17.9 Å². The third kappa shape index (κ3) is 4.33. The molecule has 25 heavy (non-hydrogen) atoms. The standard InChI is InChI=1S/C17H20N2O5S/c20-12-19(21)16(17-6-3-7-24-17)11-25(22,23)10-13-8-14-4-1-2-5-15(14)18-9-13/h1-2,4-5,8-9,12,16-17,21H,3,6-7,10-11H2/t16-,17-/m0/s1. The average Bonchev–Trinajstić information content (AvgIpc) is 3.13. The molecule has 0 radical (unpaired) electrons. The first-order valence-corrected chi connectivity index (χ1v) is 9.89. The molecule has 8 heteroatoms. The lowest BCUT2D eigenvalue weighted by atomic mass is 10.1. The maximum absolute atomic E-state index is 12.6. The molecule has 0 saturated carbocycles. The van der Waals surface area contributed by atoms with Gasteiger partial charge in [-0.2, -0.15) is 0 Å². The fourth-order valence-electron chi connectivity index (χ4n) is 3.11. The second kappa shape index (κ2) is 7.47. The molecule has 1 aliphatic rings. The van der Waals surface area contributed by atoms with E-state index in [1.165, 1.54) is 6.20 Å². The minimum absolute atomic E-state index is 0.208. The Labute approximate surface area is 146 Å². The summed E-state index contributed by atoms with van der Waals surface area (Å²) in [7, 11) is -3.58. The van der Waals surface area contributed by atoms with E-state index in [4.69, 9.17) is 4.74 Å². The van der Waals surface area contributed by atoms with Gasteiger partial charge in [0.1, 0.15) is 0 Å². The van der Waals surface area contributed by atoms with Gasteiger partial charge in [0.25, 0.3) is 0 Å². The zero-order chi connectivity index (χ0) is 17.9. The molecule has 1 N–H and O–H groups in total. The fourth-order valence-corrected chi connectivity index (χ4v) is 4.78. The molecule has 0 bridgehead atoms. The Morgan fingerprint density at radius 1 is 1.40 bits per heavy atom. The van der Waals surface area contributed by atoms with Crippen molar-refractivity contribution in [3.8, 4) is 0 Å². The van der Waals surface area contributed by atoms with E-state index in [1.807, 2.05) is 24.3 Å². The number of sulfone groups is 1. The Bertz CT molecular complexity index is 849. The van der Waals surface area contributed by atoms with Crippen LogP contribution in [0.3, 0.4) is 0 Å². The second-order valence-corrected chi connectivity index (χ2v) is 8.30. The molecule has 1 aliphatic heterocycles. The summed E-state index contributed by atoms with van der Waals surface area (Å²) in [4.78, 5) is 15.2. The summed E-state index contributed by atoms with van der Waals surface area (Å²) in [6.45, 7) is 0.502. The van der Waals surface area contributed by atoms with Crippen LogP contribution in [-0.4, -0.2) is 54.6 Å². The molecular formula is C17H20N2O5S. The molecule has 1 amide bonds. The van der Waals surface area contributed by atoms with Crippen LogP contribution in [0.5, 0.6) is 0 Å². The van der Waals surface area contributed by atoms with Crippen LogP contribution in [0.25, 0.3) is 10.9 Å². The molecule has 7 nitrogen and oxygen atoms in total. The van der Waals surface area contributed by atoms with Gasteiger partial charge in [0.05, 0.1) is 29.2 Å². The number of amides is 1. The van der Waals surface area contributed by atoms with Crippen molar-refractivity contribution in [2.45, 2.75) is 30.7 Å². The van der Waals surface area contributed by atoms with Crippen LogP contribution in [0.15, 0.2) is 36.5 Å². The first-order valence-electron chi connectivity index (χ1n) is 8.07. The minimum atomic E-state index is -3.58. The summed E-state index contributed by atoms with van der Waals surface area (Å²) in [6, 6.07) is 8.34. The van der Waals surface area contributed by atoms with Crippen LogP contribution in [0.2, 0.25) is 0 Å². The van der Waals surface area contributed by atoms with E-state index in [0.717, 1.165) is 17.3 Å². The minimum Gasteiger partial charge on any atom is -0.376 e. The van der Waals surface area contributed by atoms with E-state index in [9.17, 15) is 18.4 Å². The number of hydroxylamine groups is 2. The number of para-hydroxylation sites is 1. The predicted octanol–water partition coefficient (Wildman–Crippen LogP) is 1.54. The molecule has 0 aliphatic carbocycles. The van der Waals surface area contributed by atoms with Gasteiger partial charge in [-0.15, -0.1) is 0 Å². The number of ether oxygens (including phenoxy) is 1. The maximum atomic E-state index is 12.6. The maximum Gasteiger partial charge on any atom is 0.233 e. The van der Waals surface area contributed by atoms with Crippen LogP contribution >= 0.6 is 0 Å². The van der Waals surface area contributed by atoms with Crippen molar-refractivity contribution in [3.63, 3.8) is 0 Å². The van der Waals surface area contributed by atoms with E-state index < -0.39 is 22.0 Å². The van der Waals surface area contributed by atoms with E-state index >= 15 is 0 Å². The molecule has 1 fully saturated rings. The fraction of sp³-hybridized carbons (Fsp3) is 0.412. The van der Waals surface area contributed by atoms with Crippen molar-refractivity contribution in [3.05, 3.63) is 42.1 Å². The van der Waals surface area contributed by atoms with Gasteiger partial charge in [-0.3, -0.25) is 15.0 Å². The van der Waals surface area contributed by atoms with Crippen LogP contribution in [0, 0.1) is 0 Å². The van der Waals surface area contributed by atoms with Gasteiger partial charge in [0.2, 0.25) is 6.41 Å². The van der Waals surface area contributed by atoms with Gasteiger partial charge in [-0.1, -0.05) is 18.2 Å². The van der Waals surface area contributed by atoms with Gasteiger partial charge in [-0.25, -0.2) is 13.5 Å². The molecular weight excluding hydrogens is 344 g/mol. The number of fused-ring (bicyclic) bond motifs is 1. The quantitative estimate of drug-likeness (QED) is 0.455. The number of benzene rings is 1. The van der Waals surface area contributed by atoms with Gasteiger partial charge in [0.15, 0.2) is 9.84 Å². The van der Waals surface area contributed by atoms with Gasteiger partial charge in [0, 0.05) is 18.2 Å². The van der Waals surface area contributed by atoms with Crippen molar-refractivity contribution in [1.29, 1.82) is 0 Å². The molecule has 2 aromatic rings.